The first-order valence-electron chi connectivity index (χ1n) is 11.0. The number of nitrogens with zero attached hydrogens (tertiary/aromatic N) is 2. The number of hydrogen-bond donors (Lipinski definition) is 1. The van der Waals surface area contributed by atoms with Crippen molar-refractivity contribution in [2.45, 2.75) is 44.7 Å². The highest BCUT2D eigenvalue weighted by Gasteiger charge is 2.20. The molecule has 1 saturated carbocycles. The van der Waals surface area contributed by atoms with Crippen molar-refractivity contribution < 1.29 is 19.0 Å². The molecule has 1 aromatic carbocycles. The van der Waals surface area contributed by atoms with E-state index in [9.17, 15) is 4.79 Å². The van der Waals surface area contributed by atoms with Crippen molar-refractivity contribution in [1.82, 2.24) is 15.1 Å². The van der Waals surface area contributed by atoms with E-state index in [0.29, 0.717) is 12.6 Å². The molecule has 2 heterocycles. The van der Waals surface area contributed by atoms with Gasteiger partial charge in [0.05, 0.1) is 19.8 Å². The molecule has 29 heavy (non-hydrogen) atoms. The van der Waals surface area contributed by atoms with Gasteiger partial charge in [0.15, 0.2) is 11.5 Å². The average Bonchev–Trinajstić information content (AvgIpc) is 3.21. The van der Waals surface area contributed by atoms with Crippen LogP contribution in [0.1, 0.15) is 37.7 Å². The van der Waals surface area contributed by atoms with Crippen LogP contribution < -0.4 is 14.8 Å². The van der Waals surface area contributed by atoms with Crippen LogP contribution in [-0.4, -0.2) is 74.5 Å². The third-order valence-electron chi connectivity index (χ3n) is 6.02. The Labute approximate surface area is 173 Å². The Morgan fingerprint density at radius 3 is 2.72 bits per heavy atom. The Morgan fingerprint density at radius 2 is 1.90 bits per heavy atom. The molecule has 2 fully saturated rings. The molecule has 4 rings (SSSR count). The summed E-state index contributed by atoms with van der Waals surface area (Å²) < 4.78 is 16.4. The van der Waals surface area contributed by atoms with E-state index in [0.717, 1.165) is 75.8 Å². The zero-order valence-electron chi connectivity index (χ0n) is 17.2. The van der Waals surface area contributed by atoms with Crippen LogP contribution in [0.15, 0.2) is 18.2 Å². The number of carbonyl (C=O) groups excluding carboxylic acids is 1. The molecule has 0 spiro atoms. The molecule has 7 nitrogen and oxygen atoms in total. The maximum atomic E-state index is 12.7. The van der Waals surface area contributed by atoms with Gasteiger partial charge in [0.1, 0.15) is 0 Å². The SMILES string of the molecule is O=C(CN(CCN1CCOCC1)Cc1ccc2c(c1)OCO2)NC1CCCCC1. The highest BCUT2D eigenvalue weighted by atomic mass is 16.7. The fourth-order valence-corrected chi connectivity index (χ4v) is 4.34. The summed E-state index contributed by atoms with van der Waals surface area (Å²) in [6.45, 7) is 6.75. The monoisotopic (exact) mass is 403 g/mol. The van der Waals surface area contributed by atoms with Gasteiger partial charge in [0, 0.05) is 38.8 Å². The van der Waals surface area contributed by atoms with Crippen LogP contribution in [0.5, 0.6) is 11.5 Å². The molecule has 3 aliphatic rings. The second-order valence-corrected chi connectivity index (χ2v) is 8.25. The highest BCUT2D eigenvalue weighted by molar-refractivity contribution is 5.78. The van der Waals surface area contributed by atoms with Crippen LogP contribution in [0.4, 0.5) is 0 Å². The Bertz CT molecular complexity index is 672. The Kier molecular flexibility index (Phi) is 7.24. The lowest BCUT2D eigenvalue weighted by atomic mass is 9.95. The summed E-state index contributed by atoms with van der Waals surface area (Å²) in [5.74, 6) is 1.73. The second-order valence-electron chi connectivity index (χ2n) is 8.25. The average molecular weight is 404 g/mol. The van der Waals surface area contributed by atoms with Crippen molar-refractivity contribution in [3.63, 3.8) is 0 Å². The predicted molar refractivity (Wildman–Crippen MR) is 110 cm³/mol. The van der Waals surface area contributed by atoms with E-state index < -0.39 is 0 Å². The molecule has 1 N–H and O–H groups in total. The molecule has 0 radical (unpaired) electrons. The smallest absolute Gasteiger partial charge is 0.234 e. The molecule has 1 aromatic rings. The molecule has 2 aliphatic heterocycles. The van der Waals surface area contributed by atoms with Crippen molar-refractivity contribution in [2.75, 3.05) is 52.7 Å². The van der Waals surface area contributed by atoms with Gasteiger partial charge >= 0.3 is 0 Å². The fraction of sp³-hybridized carbons (Fsp3) is 0.682. The van der Waals surface area contributed by atoms with E-state index in [-0.39, 0.29) is 12.7 Å². The maximum Gasteiger partial charge on any atom is 0.234 e. The normalized spacial score (nSPS) is 20.2. The first kappa shape index (κ1) is 20.4. The lowest BCUT2D eigenvalue weighted by Crippen LogP contribution is -2.46. The number of fused-ring (bicyclic) bond motifs is 1. The van der Waals surface area contributed by atoms with Gasteiger partial charge < -0.3 is 19.5 Å². The van der Waals surface area contributed by atoms with Crippen molar-refractivity contribution in [3.05, 3.63) is 23.8 Å². The molecule has 160 valence electrons. The van der Waals surface area contributed by atoms with E-state index in [1.165, 1.54) is 19.3 Å². The van der Waals surface area contributed by atoms with Crippen molar-refractivity contribution in [2.24, 2.45) is 0 Å². The Balaban J connectivity index is 1.35. The number of rotatable bonds is 8. The molecule has 1 amide bonds. The van der Waals surface area contributed by atoms with Crippen LogP contribution >= 0.6 is 0 Å². The quantitative estimate of drug-likeness (QED) is 0.716. The standard InChI is InChI=1S/C22H33N3O4/c26-22(23-19-4-2-1-3-5-19)16-25(9-8-24-10-12-27-13-11-24)15-18-6-7-20-21(14-18)29-17-28-20/h6-7,14,19H,1-5,8-13,15-17H2,(H,23,26). The molecule has 0 bridgehead atoms. The predicted octanol–water partition coefficient (Wildman–Crippen LogP) is 2.00. The topological polar surface area (TPSA) is 63.3 Å². The van der Waals surface area contributed by atoms with Crippen molar-refractivity contribution in [3.8, 4) is 11.5 Å². The molecule has 1 saturated heterocycles. The minimum atomic E-state index is 0.139. The van der Waals surface area contributed by atoms with Gasteiger partial charge in [-0.3, -0.25) is 14.6 Å². The molecule has 1 aliphatic carbocycles. The molecule has 0 aromatic heterocycles. The number of benzene rings is 1. The van der Waals surface area contributed by atoms with Gasteiger partial charge in [-0.2, -0.15) is 0 Å². The van der Waals surface area contributed by atoms with Crippen LogP contribution in [-0.2, 0) is 16.1 Å². The second kappa shape index (κ2) is 10.3. The number of ether oxygens (including phenoxy) is 3. The zero-order chi connectivity index (χ0) is 19.9. The molecular weight excluding hydrogens is 370 g/mol. The molecular formula is C22H33N3O4. The molecule has 7 heteroatoms. The molecule has 0 atom stereocenters. The van der Waals surface area contributed by atoms with E-state index in [4.69, 9.17) is 14.2 Å². The van der Waals surface area contributed by atoms with Crippen LogP contribution in [0, 0.1) is 0 Å². The minimum absolute atomic E-state index is 0.139. The van der Waals surface area contributed by atoms with Crippen molar-refractivity contribution in [1.29, 1.82) is 0 Å². The largest absolute Gasteiger partial charge is 0.454 e. The van der Waals surface area contributed by atoms with E-state index in [1.54, 1.807) is 0 Å². The zero-order valence-corrected chi connectivity index (χ0v) is 17.2. The van der Waals surface area contributed by atoms with Gasteiger partial charge in [0.25, 0.3) is 0 Å². The lowest BCUT2D eigenvalue weighted by molar-refractivity contribution is -0.123. The number of morpholine rings is 1. The van der Waals surface area contributed by atoms with Gasteiger partial charge in [-0.15, -0.1) is 0 Å². The van der Waals surface area contributed by atoms with Gasteiger partial charge in [-0.25, -0.2) is 0 Å². The third kappa shape index (κ3) is 6.07. The Hall–Kier alpha value is -1.83. The maximum absolute atomic E-state index is 12.7. The number of hydrogen-bond acceptors (Lipinski definition) is 6. The van der Waals surface area contributed by atoms with Gasteiger partial charge in [-0.1, -0.05) is 25.3 Å². The van der Waals surface area contributed by atoms with E-state index in [1.807, 2.05) is 12.1 Å². The minimum Gasteiger partial charge on any atom is -0.454 e. The van der Waals surface area contributed by atoms with Crippen molar-refractivity contribution >= 4 is 5.91 Å². The first-order chi connectivity index (χ1) is 14.3. The number of amides is 1. The first-order valence-corrected chi connectivity index (χ1v) is 11.0. The van der Waals surface area contributed by atoms with E-state index in [2.05, 4.69) is 21.2 Å². The van der Waals surface area contributed by atoms with Crippen LogP contribution in [0.2, 0.25) is 0 Å². The molecule has 0 unspecified atom stereocenters. The lowest BCUT2D eigenvalue weighted by Gasteiger charge is -2.30. The Morgan fingerprint density at radius 1 is 1.10 bits per heavy atom. The van der Waals surface area contributed by atoms with Gasteiger partial charge in [0.2, 0.25) is 12.7 Å². The number of nitrogens with one attached hydrogen (secondary N) is 1. The van der Waals surface area contributed by atoms with Crippen LogP contribution in [0.3, 0.4) is 0 Å². The van der Waals surface area contributed by atoms with Gasteiger partial charge in [-0.05, 0) is 30.5 Å². The summed E-state index contributed by atoms with van der Waals surface area (Å²) in [6.07, 6.45) is 5.97. The summed E-state index contributed by atoms with van der Waals surface area (Å²) in [4.78, 5) is 17.4. The summed E-state index contributed by atoms with van der Waals surface area (Å²) in [7, 11) is 0. The summed E-state index contributed by atoms with van der Waals surface area (Å²) in [5, 5.41) is 3.26. The third-order valence-corrected chi connectivity index (χ3v) is 6.02. The summed E-state index contributed by atoms with van der Waals surface area (Å²) in [6, 6.07) is 6.40. The van der Waals surface area contributed by atoms with E-state index >= 15 is 0 Å². The van der Waals surface area contributed by atoms with Crippen LogP contribution in [0.25, 0.3) is 0 Å². The fourth-order valence-electron chi connectivity index (χ4n) is 4.34. The highest BCUT2D eigenvalue weighted by Crippen LogP contribution is 2.32. The number of carbonyl (C=O) groups is 1. The summed E-state index contributed by atoms with van der Waals surface area (Å²) in [5.41, 5.74) is 1.14. The summed E-state index contributed by atoms with van der Waals surface area (Å²) >= 11 is 0.